The van der Waals surface area contributed by atoms with Crippen molar-refractivity contribution in [3.63, 3.8) is 0 Å². The van der Waals surface area contributed by atoms with Gasteiger partial charge in [0.1, 0.15) is 5.82 Å². The van der Waals surface area contributed by atoms with Crippen molar-refractivity contribution in [2.75, 3.05) is 32.7 Å². The maximum absolute atomic E-state index is 12.9. The summed E-state index contributed by atoms with van der Waals surface area (Å²) in [4.78, 5) is 20.7. The maximum atomic E-state index is 12.9. The lowest BCUT2D eigenvalue weighted by Gasteiger charge is -2.34. The van der Waals surface area contributed by atoms with Gasteiger partial charge in [-0.15, -0.1) is 0 Å². The van der Waals surface area contributed by atoms with E-state index in [1.165, 1.54) is 12.1 Å². The minimum absolute atomic E-state index is 0.146. The molecule has 1 fully saturated rings. The van der Waals surface area contributed by atoms with Crippen molar-refractivity contribution in [1.82, 2.24) is 14.8 Å². The Kier molecular flexibility index (Phi) is 5.25. The van der Waals surface area contributed by atoms with E-state index in [4.69, 9.17) is 4.42 Å². The zero-order valence-corrected chi connectivity index (χ0v) is 13.9. The number of likely N-dealkylation sites (N-methyl/N-ethyl adjacent to an activating group) is 1. The largest absolute Gasteiger partial charge is 0.441 e. The number of nitrogens with zero attached hydrogens (tertiary/aromatic N) is 3. The molecule has 2 aromatic rings. The van der Waals surface area contributed by atoms with Crippen LogP contribution in [0.2, 0.25) is 0 Å². The van der Waals surface area contributed by atoms with Gasteiger partial charge in [0.25, 0.3) is 0 Å². The molecule has 1 aliphatic heterocycles. The van der Waals surface area contributed by atoms with E-state index < -0.39 is 0 Å². The molecule has 5 nitrogen and oxygen atoms in total. The minimum atomic E-state index is -0.285. The summed E-state index contributed by atoms with van der Waals surface area (Å²) < 4.78 is 18.6. The summed E-state index contributed by atoms with van der Waals surface area (Å²) in [7, 11) is 0. The molecule has 6 heteroatoms. The molecular weight excluding hydrogens is 309 g/mol. The first-order valence-corrected chi connectivity index (χ1v) is 8.36. The lowest BCUT2D eigenvalue weighted by molar-refractivity contribution is -0.132. The van der Waals surface area contributed by atoms with Gasteiger partial charge in [0, 0.05) is 44.6 Å². The van der Waals surface area contributed by atoms with Crippen molar-refractivity contribution in [2.45, 2.75) is 19.8 Å². The highest BCUT2D eigenvalue weighted by atomic mass is 19.1. The zero-order chi connectivity index (χ0) is 16.9. The molecule has 1 saturated heterocycles. The highest BCUT2D eigenvalue weighted by Gasteiger charge is 2.20. The second-order valence-electron chi connectivity index (χ2n) is 5.94. The molecule has 2 heterocycles. The average molecular weight is 331 g/mol. The SMILES string of the molecule is CCN1CCN(C(=O)CCc2ncc(-c3ccc(F)cc3)o2)CC1. The van der Waals surface area contributed by atoms with Gasteiger partial charge in [-0.2, -0.15) is 0 Å². The monoisotopic (exact) mass is 331 g/mol. The molecule has 128 valence electrons. The number of hydrogen-bond acceptors (Lipinski definition) is 4. The molecule has 1 aliphatic rings. The lowest BCUT2D eigenvalue weighted by atomic mass is 10.2. The van der Waals surface area contributed by atoms with Crippen molar-refractivity contribution in [2.24, 2.45) is 0 Å². The molecule has 0 radical (unpaired) electrons. The Morgan fingerprint density at radius 1 is 1.21 bits per heavy atom. The van der Waals surface area contributed by atoms with Crippen LogP contribution in [0.15, 0.2) is 34.9 Å². The molecule has 1 aromatic carbocycles. The Morgan fingerprint density at radius 3 is 2.58 bits per heavy atom. The van der Waals surface area contributed by atoms with Crippen LogP contribution < -0.4 is 0 Å². The lowest BCUT2D eigenvalue weighted by Crippen LogP contribution is -2.48. The van der Waals surface area contributed by atoms with Crippen LogP contribution in [0.5, 0.6) is 0 Å². The molecule has 0 N–H and O–H groups in total. The van der Waals surface area contributed by atoms with Gasteiger partial charge in [0.15, 0.2) is 11.7 Å². The molecule has 0 bridgehead atoms. The van der Waals surface area contributed by atoms with Crippen molar-refractivity contribution in [1.29, 1.82) is 0 Å². The van der Waals surface area contributed by atoms with Crippen molar-refractivity contribution < 1.29 is 13.6 Å². The molecule has 1 aromatic heterocycles. The fourth-order valence-corrected chi connectivity index (χ4v) is 2.86. The number of halogens is 1. The van der Waals surface area contributed by atoms with Gasteiger partial charge in [0.05, 0.1) is 6.20 Å². The molecule has 1 amide bonds. The Morgan fingerprint density at radius 2 is 1.92 bits per heavy atom. The molecule has 0 spiro atoms. The van der Waals surface area contributed by atoms with E-state index in [1.54, 1.807) is 18.3 Å². The summed E-state index contributed by atoms with van der Waals surface area (Å²) in [6.45, 7) is 6.63. The van der Waals surface area contributed by atoms with E-state index in [1.807, 2.05) is 4.90 Å². The zero-order valence-electron chi connectivity index (χ0n) is 13.9. The molecule has 0 saturated carbocycles. The Hall–Kier alpha value is -2.21. The third kappa shape index (κ3) is 4.00. The predicted octanol–water partition coefficient (Wildman–Crippen LogP) is 2.58. The van der Waals surface area contributed by atoms with Gasteiger partial charge in [-0.05, 0) is 30.8 Å². The number of amides is 1. The van der Waals surface area contributed by atoms with Gasteiger partial charge in [0.2, 0.25) is 5.91 Å². The third-order valence-corrected chi connectivity index (χ3v) is 4.41. The van der Waals surface area contributed by atoms with Crippen LogP contribution in [0.3, 0.4) is 0 Å². The maximum Gasteiger partial charge on any atom is 0.223 e. The molecule has 0 aliphatic carbocycles. The van der Waals surface area contributed by atoms with Crippen molar-refractivity contribution in [3.8, 4) is 11.3 Å². The third-order valence-electron chi connectivity index (χ3n) is 4.41. The number of hydrogen-bond donors (Lipinski definition) is 0. The standard InChI is InChI=1S/C18H22FN3O2/c1-2-21-9-11-22(12-10-21)18(23)8-7-17-20-13-16(24-17)14-3-5-15(19)6-4-14/h3-6,13H,2,7-12H2,1H3. The Labute approximate surface area is 141 Å². The van der Waals surface area contributed by atoms with Crippen LogP contribution in [0.25, 0.3) is 11.3 Å². The van der Waals surface area contributed by atoms with E-state index in [9.17, 15) is 9.18 Å². The molecule has 3 rings (SSSR count). The summed E-state index contributed by atoms with van der Waals surface area (Å²) in [6, 6.07) is 6.07. The summed E-state index contributed by atoms with van der Waals surface area (Å²) in [5.74, 6) is 0.989. The van der Waals surface area contributed by atoms with Crippen LogP contribution in [0.1, 0.15) is 19.2 Å². The first-order chi connectivity index (χ1) is 11.7. The fraction of sp³-hybridized carbons (Fsp3) is 0.444. The number of piperazine rings is 1. The van der Waals surface area contributed by atoms with E-state index in [0.29, 0.717) is 24.5 Å². The van der Waals surface area contributed by atoms with Gasteiger partial charge in [-0.3, -0.25) is 4.79 Å². The molecule has 0 atom stereocenters. The van der Waals surface area contributed by atoms with Crippen LogP contribution in [-0.2, 0) is 11.2 Å². The quantitative estimate of drug-likeness (QED) is 0.845. The second-order valence-corrected chi connectivity index (χ2v) is 5.94. The summed E-state index contributed by atoms with van der Waals surface area (Å²) >= 11 is 0. The first-order valence-electron chi connectivity index (χ1n) is 8.36. The number of aryl methyl sites for hydroxylation is 1. The highest BCUT2D eigenvalue weighted by molar-refractivity contribution is 5.76. The number of benzene rings is 1. The van der Waals surface area contributed by atoms with Crippen molar-refractivity contribution >= 4 is 5.91 Å². The topological polar surface area (TPSA) is 49.6 Å². The normalized spacial score (nSPS) is 15.7. The number of oxazole rings is 1. The van der Waals surface area contributed by atoms with E-state index in [2.05, 4.69) is 16.8 Å². The number of aromatic nitrogens is 1. The number of rotatable bonds is 5. The fourth-order valence-electron chi connectivity index (χ4n) is 2.86. The predicted molar refractivity (Wildman–Crippen MR) is 88.9 cm³/mol. The van der Waals surface area contributed by atoms with Crippen LogP contribution in [-0.4, -0.2) is 53.4 Å². The summed E-state index contributed by atoms with van der Waals surface area (Å²) in [5.41, 5.74) is 0.775. The number of carbonyl (C=O) groups is 1. The molecule has 24 heavy (non-hydrogen) atoms. The van der Waals surface area contributed by atoms with Crippen LogP contribution >= 0.6 is 0 Å². The minimum Gasteiger partial charge on any atom is -0.441 e. The number of carbonyl (C=O) groups excluding carboxylic acids is 1. The van der Waals surface area contributed by atoms with Crippen LogP contribution in [0.4, 0.5) is 4.39 Å². The highest BCUT2D eigenvalue weighted by Crippen LogP contribution is 2.21. The average Bonchev–Trinajstić information content (AvgIpc) is 3.09. The first kappa shape index (κ1) is 16.6. The van der Waals surface area contributed by atoms with E-state index in [-0.39, 0.29) is 11.7 Å². The second kappa shape index (κ2) is 7.57. The van der Waals surface area contributed by atoms with E-state index >= 15 is 0 Å². The van der Waals surface area contributed by atoms with E-state index in [0.717, 1.165) is 38.3 Å². The van der Waals surface area contributed by atoms with Crippen LogP contribution in [0, 0.1) is 5.82 Å². The smallest absolute Gasteiger partial charge is 0.223 e. The molecular formula is C18H22FN3O2. The Bertz CT molecular complexity index is 676. The van der Waals surface area contributed by atoms with Gasteiger partial charge < -0.3 is 14.2 Å². The Balaban J connectivity index is 1.52. The van der Waals surface area contributed by atoms with Gasteiger partial charge >= 0.3 is 0 Å². The van der Waals surface area contributed by atoms with Crippen molar-refractivity contribution in [3.05, 3.63) is 42.2 Å². The summed E-state index contributed by atoms with van der Waals surface area (Å²) in [6.07, 6.45) is 2.50. The van der Waals surface area contributed by atoms with Gasteiger partial charge in [-0.1, -0.05) is 6.92 Å². The van der Waals surface area contributed by atoms with Gasteiger partial charge in [-0.25, -0.2) is 9.37 Å². The summed E-state index contributed by atoms with van der Waals surface area (Å²) in [5, 5.41) is 0. The molecule has 0 unspecified atom stereocenters.